The molecule has 0 aliphatic carbocycles. The lowest BCUT2D eigenvalue weighted by Crippen LogP contribution is -2.18. The summed E-state index contributed by atoms with van der Waals surface area (Å²) in [7, 11) is 0. The molecule has 17 heavy (non-hydrogen) atoms. The average Bonchev–Trinajstić information content (AvgIpc) is 2.85. The summed E-state index contributed by atoms with van der Waals surface area (Å²) >= 11 is 5.12. The minimum atomic E-state index is -0.177. The highest BCUT2D eigenvalue weighted by Gasteiger charge is 2.05. The fourth-order valence-corrected chi connectivity index (χ4v) is 3.09. The van der Waals surface area contributed by atoms with Crippen LogP contribution in [-0.2, 0) is 6.54 Å². The van der Waals surface area contributed by atoms with Gasteiger partial charge in [-0.2, -0.15) is 5.10 Å². The van der Waals surface area contributed by atoms with Gasteiger partial charge in [-0.05, 0) is 29.7 Å². The Kier molecular flexibility index (Phi) is 2.60. The van der Waals surface area contributed by atoms with Gasteiger partial charge in [-0.25, -0.2) is 9.48 Å². The van der Waals surface area contributed by atoms with E-state index in [1.165, 1.54) is 21.1 Å². The van der Waals surface area contributed by atoms with Crippen LogP contribution in [0.15, 0.2) is 39.9 Å². The number of halogens is 1. The zero-order valence-electron chi connectivity index (χ0n) is 8.68. The highest BCUT2D eigenvalue weighted by atomic mass is 79.9. The summed E-state index contributed by atoms with van der Waals surface area (Å²) in [6, 6.07) is 8.25. The van der Waals surface area contributed by atoms with Gasteiger partial charge in [0.25, 0.3) is 0 Å². The number of thiophene rings is 1. The average molecular weight is 310 g/mol. The van der Waals surface area contributed by atoms with Crippen LogP contribution in [0.4, 0.5) is 0 Å². The summed E-state index contributed by atoms with van der Waals surface area (Å²) in [6.07, 6.45) is 1.41. The number of hydrogen-bond acceptors (Lipinski definition) is 3. The van der Waals surface area contributed by atoms with Crippen LogP contribution in [-0.4, -0.2) is 14.8 Å². The Bertz CT molecular complexity index is 727. The van der Waals surface area contributed by atoms with E-state index in [0.717, 1.165) is 9.35 Å². The van der Waals surface area contributed by atoms with Crippen molar-refractivity contribution in [3.05, 3.63) is 50.4 Å². The number of aromatic amines is 1. The van der Waals surface area contributed by atoms with E-state index in [1.807, 2.05) is 6.07 Å². The summed E-state index contributed by atoms with van der Waals surface area (Å²) in [5, 5.41) is 5.13. The van der Waals surface area contributed by atoms with Crippen LogP contribution >= 0.6 is 27.3 Å². The van der Waals surface area contributed by atoms with Crippen LogP contribution in [0.25, 0.3) is 10.1 Å². The molecule has 0 bridgehead atoms. The van der Waals surface area contributed by atoms with Gasteiger partial charge in [-0.1, -0.05) is 15.9 Å². The molecule has 0 saturated carbocycles. The largest absolute Gasteiger partial charge is 0.343 e. The van der Waals surface area contributed by atoms with E-state index in [2.05, 4.69) is 44.2 Å². The molecule has 1 aromatic carbocycles. The molecule has 0 atom stereocenters. The highest BCUT2D eigenvalue weighted by Crippen LogP contribution is 2.28. The van der Waals surface area contributed by atoms with Gasteiger partial charge < -0.3 is 0 Å². The van der Waals surface area contributed by atoms with Crippen molar-refractivity contribution < 1.29 is 0 Å². The van der Waals surface area contributed by atoms with E-state index in [1.54, 1.807) is 11.3 Å². The van der Waals surface area contributed by atoms with Gasteiger partial charge in [-0.15, -0.1) is 11.3 Å². The molecule has 0 saturated heterocycles. The Labute approximate surface area is 109 Å². The number of aromatic nitrogens is 3. The van der Waals surface area contributed by atoms with Gasteiger partial charge >= 0.3 is 5.69 Å². The Balaban J connectivity index is 2.01. The van der Waals surface area contributed by atoms with Crippen LogP contribution in [0, 0.1) is 0 Å². The van der Waals surface area contributed by atoms with E-state index in [4.69, 9.17) is 0 Å². The quantitative estimate of drug-likeness (QED) is 0.791. The maximum absolute atomic E-state index is 11.3. The van der Waals surface area contributed by atoms with E-state index >= 15 is 0 Å². The minimum Gasteiger partial charge on any atom is -0.295 e. The number of nitrogens with zero attached hydrogens (tertiary/aromatic N) is 2. The highest BCUT2D eigenvalue weighted by molar-refractivity contribution is 9.10. The van der Waals surface area contributed by atoms with E-state index < -0.39 is 0 Å². The summed E-state index contributed by atoms with van der Waals surface area (Å²) in [5.41, 5.74) is -0.177. The molecule has 2 aromatic heterocycles. The number of fused-ring (bicyclic) bond motifs is 1. The monoisotopic (exact) mass is 309 g/mol. The SMILES string of the molecule is O=c1[nH]cnn1Cc1cc2cc(Br)ccc2s1. The molecule has 0 spiro atoms. The predicted molar refractivity (Wildman–Crippen MR) is 71.5 cm³/mol. The summed E-state index contributed by atoms with van der Waals surface area (Å²) in [5.74, 6) is 0. The maximum atomic E-state index is 11.3. The summed E-state index contributed by atoms with van der Waals surface area (Å²) < 4.78 is 3.69. The molecule has 3 rings (SSSR count). The lowest BCUT2D eigenvalue weighted by atomic mass is 10.2. The second-order valence-electron chi connectivity index (χ2n) is 3.65. The fraction of sp³-hybridized carbons (Fsp3) is 0.0909. The van der Waals surface area contributed by atoms with Crippen molar-refractivity contribution in [3.8, 4) is 0 Å². The molecule has 2 heterocycles. The zero-order chi connectivity index (χ0) is 11.8. The van der Waals surface area contributed by atoms with Gasteiger partial charge in [0.15, 0.2) is 0 Å². The van der Waals surface area contributed by atoms with Crippen LogP contribution < -0.4 is 5.69 Å². The molecule has 3 aromatic rings. The van der Waals surface area contributed by atoms with Crippen LogP contribution in [0.3, 0.4) is 0 Å². The molecule has 6 heteroatoms. The first kappa shape index (κ1) is 10.7. The van der Waals surface area contributed by atoms with Crippen LogP contribution in [0.1, 0.15) is 4.88 Å². The third-order valence-corrected chi connectivity index (χ3v) is 4.05. The lowest BCUT2D eigenvalue weighted by molar-refractivity contribution is 0.666. The van der Waals surface area contributed by atoms with Crippen LogP contribution in [0.5, 0.6) is 0 Å². The van der Waals surface area contributed by atoms with E-state index in [9.17, 15) is 4.79 Å². The van der Waals surface area contributed by atoms with Crippen molar-refractivity contribution in [2.24, 2.45) is 0 Å². The number of nitrogens with one attached hydrogen (secondary N) is 1. The van der Waals surface area contributed by atoms with Crippen LogP contribution in [0.2, 0.25) is 0 Å². The van der Waals surface area contributed by atoms with Crippen molar-refractivity contribution in [1.29, 1.82) is 0 Å². The smallest absolute Gasteiger partial charge is 0.295 e. The van der Waals surface area contributed by atoms with Gasteiger partial charge in [0.1, 0.15) is 6.33 Å². The third-order valence-electron chi connectivity index (χ3n) is 2.45. The standard InChI is InChI=1S/C11H8BrN3OS/c12-8-1-2-10-7(3-8)4-9(17-10)5-15-11(16)13-6-14-15/h1-4,6H,5H2,(H,13,14,16). The first-order valence-corrected chi connectivity index (χ1v) is 6.62. The molecule has 0 unspecified atom stereocenters. The third kappa shape index (κ3) is 2.05. The predicted octanol–water partition coefficient (Wildman–Crippen LogP) is 2.60. The van der Waals surface area contributed by atoms with Gasteiger partial charge in [0.2, 0.25) is 0 Å². The molecular weight excluding hydrogens is 302 g/mol. The molecule has 0 fully saturated rings. The number of hydrogen-bond donors (Lipinski definition) is 1. The Morgan fingerprint density at radius 2 is 2.29 bits per heavy atom. The molecule has 0 aliphatic heterocycles. The fourth-order valence-electron chi connectivity index (χ4n) is 1.69. The Morgan fingerprint density at radius 3 is 3.06 bits per heavy atom. The summed E-state index contributed by atoms with van der Waals surface area (Å²) in [4.78, 5) is 15.0. The molecule has 0 aliphatic rings. The second kappa shape index (κ2) is 4.12. The topological polar surface area (TPSA) is 50.7 Å². The van der Waals surface area contributed by atoms with Crippen molar-refractivity contribution >= 4 is 37.4 Å². The second-order valence-corrected chi connectivity index (χ2v) is 5.73. The minimum absolute atomic E-state index is 0.177. The van der Waals surface area contributed by atoms with E-state index in [0.29, 0.717) is 6.54 Å². The van der Waals surface area contributed by atoms with E-state index in [-0.39, 0.29) is 5.69 Å². The maximum Gasteiger partial charge on any atom is 0.343 e. The normalized spacial score (nSPS) is 11.1. The number of rotatable bonds is 2. The molecule has 4 nitrogen and oxygen atoms in total. The van der Waals surface area contributed by atoms with Crippen molar-refractivity contribution in [3.63, 3.8) is 0 Å². The van der Waals surface area contributed by atoms with Crippen molar-refractivity contribution in [2.45, 2.75) is 6.54 Å². The summed E-state index contributed by atoms with van der Waals surface area (Å²) in [6.45, 7) is 0.513. The van der Waals surface area contributed by atoms with Crippen molar-refractivity contribution in [2.75, 3.05) is 0 Å². The number of benzene rings is 1. The molecule has 0 amide bonds. The molecule has 0 radical (unpaired) electrons. The van der Waals surface area contributed by atoms with Gasteiger partial charge in [0.05, 0.1) is 6.54 Å². The zero-order valence-corrected chi connectivity index (χ0v) is 11.1. The van der Waals surface area contributed by atoms with Gasteiger partial charge in [-0.3, -0.25) is 4.98 Å². The molecule has 86 valence electrons. The first-order valence-electron chi connectivity index (χ1n) is 5.01. The van der Waals surface area contributed by atoms with Crippen molar-refractivity contribution in [1.82, 2.24) is 14.8 Å². The Hall–Kier alpha value is -1.40. The Morgan fingerprint density at radius 1 is 1.41 bits per heavy atom. The molecule has 1 N–H and O–H groups in total. The van der Waals surface area contributed by atoms with Gasteiger partial charge in [0, 0.05) is 14.0 Å². The lowest BCUT2D eigenvalue weighted by Gasteiger charge is -1.93. The first-order chi connectivity index (χ1) is 8.22. The molecular formula is C11H8BrN3OS. The number of H-pyrrole nitrogens is 1.